The number of nitrogen functional groups attached to an aromatic ring is 1. The summed E-state index contributed by atoms with van der Waals surface area (Å²) < 4.78 is 7.13. The number of nitrogens with two attached hydrogens (primary N) is 1. The molecule has 154 valence electrons. The van der Waals surface area contributed by atoms with E-state index in [1.54, 1.807) is 24.3 Å². The maximum Gasteiger partial charge on any atom is 0.258 e. The summed E-state index contributed by atoms with van der Waals surface area (Å²) in [7, 11) is 18.7. The molecule has 6 radical (unpaired) electrons. The summed E-state index contributed by atoms with van der Waals surface area (Å²) in [5.74, 6) is -0.298. The van der Waals surface area contributed by atoms with Gasteiger partial charge in [0, 0.05) is 16.4 Å². The van der Waals surface area contributed by atoms with Crippen LogP contribution in [0.1, 0.15) is 26.3 Å². The van der Waals surface area contributed by atoms with Crippen LogP contribution in [-0.2, 0) is 9.53 Å². The van der Waals surface area contributed by atoms with E-state index in [1.165, 1.54) is 36.5 Å². The Morgan fingerprint density at radius 1 is 1.22 bits per heavy atom. The molecule has 0 aliphatic carbocycles. The van der Waals surface area contributed by atoms with Gasteiger partial charge < -0.3 is 15.4 Å². The van der Waals surface area contributed by atoms with Crippen molar-refractivity contribution in [3.63, 3.8) is 0 Å². The smallest absolute Gasteiger partial charge is 0.258 e. The van der Waals surface area contributed by atoms with Crippen LogP contribution in [0.3, 0.4) is 0 Å². The molecule has 1 unspecified atom stereocenters. The van der Waals surface area contributed by atoms with Gasteiger partial charge in [-0.3, -0.25) is 4.79 Å². The van der Waals surface area contributed by atoms with Crippen LogP contribution in [0.4, 0.5) is 11.5 Å². The topological polar surface area (TPSA) is 110 Å². The Morgan fingerprint density at radius 3 is 2.56 bits per heavy atom. The minimum Gasteiger partial charge on any atom is -0.382 e. The van der Waals surface area contributed by atoms with Crippen molar-refractivity contribution in [1.29, 1.82) is 5.26 Å². The summed E-state index contributed by atoms with van der Waals surface area (Å²) in [6, 6.07) is 8.62. The lowest BCUT2D eigenvalue weighted by atomic mass is 9.46. The molecular formula is C20H16B3ClN6O2. The van der Waals surface area contributed by atoms with Crippen LogP contribution >= 0.6 is 11.6 Å². The van der Waals surface area contributed by atoms with Crippen molar-refractivity contribution in [2.24, 2.45) is 0 Å². The minimum atomic E-state index is -1.90. The molecule has 32 heavy (non-hydrogen) atoms. The molecule has 1 fully saturated rings. The predicted octanol–water partition coefficient (Wildman–Crippen LogP) is 1.52. The van der Waals surface area contributed by atoms with E-state index in [1.807, 2.05) is 0 Å². The van der Waals surface area contributed by atoms with Crippen molar-refractivity contribution in [2.45, 2.75) is 37.2 Å². The third-order valence-electron chi connectivity index (χ3n) is 5.59. The normalized spacial score (nSPS) is 22.1. The summed E-state index contributed by atoms with van der Waals surface area (Å²) in [5.41, 5.74) is 4.86. The fourth-order valence-corrected chi connectivity index (χ4v) is 4.06. The van der Waals surface area contributed by atoms with Gasteiger partial charge in [-0.25, -0.2) is 9.50 Å². The molecule has 0 bridgehead atoms. The van der Waals surface area contributed by atoms with Gasteiger partial charge in [0.05, 0.1) is 22.0 Å². The monoisotopic (exact) mass is 440 g/mol. The first kappa shape index (κ1) is 22.2. The van der Waals surface area contributed by atoms with Gasteiger partial charge in [-0.15, -0.1) is 0 Å². The molecule has 0 saturated carbocycles. The molecule has 8 nitrogen and oxygen atoms in total. The number of nitriles is 1. The van der Waals surface area contributed by atoms with Crippen LogP contribution in [-0.4, -0.2) is 60.5 Å². The van der Waals surface area contributed by atoms with E-state index in [0.29, 0.717) is 21.8 Å². The van der Waals surface area contributed by atoms with Crippen molar-refractivity contribution in [1.82, 2.24) is 14.6 Å². The molecule has 3 aromatic rings. The maximum absolute atomic E-state index is 13.4. The van der Waals surface area contributed by atoms with Gasteiger partial charge >= 0.3 is 0 Å². The van der Waals surface area contributed by atoms with Gasteiger partial charge in [-0.1, -0.05) is 17.7 Å². The van der Waals surface area contributed by atoms with E-state index in [9.17, 15) is 10.1 Å². The van der Waals surface area contributed by atoms with Gasteiger partial charge in [0.1, 0.15) is 47.1 Å². The van der Waals surface area contributed by atoms with Crippen molar-refractivity contribution in [2.75, 3.05) is 10.6 Å². The average Bonchev–Trinajstić information content (AvgIpc) is 3.04. The summed E-state index contributed by atoms with van der Waals surface area (Å²) >= 11 is 6.36. The number of hydrogen-bond acceptors (Lipinski definition) is 6. The lowest BCUT2D eigenvalue weighted by Gasteiger charge is -2.59. The van der Waals surface area contributed by atoms with Gasteiger partial charge in [0.2, 0.25) is 0 Å². The SMILES string of the molecule is [B]C1([B])OC(C)(C)C(=O)N(c2cc(-c3cc(Cl)c4c(N)ncnn34)ccc2C#N)C1([B])C. The van der Waals surface area contributed by atoms with Crippen molar-refractivity contribution >= 4 is 58.1 Å². The Bertz CT molecular complexity index is 1310. The molecule has 1 amide bonds. The average molecular weight is 440 g/mol. The molecule has 1 aliphatic rings. The fourth-order valence-electron chi connectivity index (χ4n) is 3.78. The van der Waals surface area contributed by atoms with Gasteiger partial charge in [-0.05, 0) is 39.0 Å². The van der Waals surface area contributed by atoms with Crippen LogP contribution in [0.25, 0.3) is 16.8 Å². The minimum absolute atomic E-state index is 0.188. The van der Waals surface area contributed by atoms with Crippen LogP contribution < -0.4 is 10.6 Å². The molecular weight excluding hydrogens is 424 g/mol. The quantitative estimate of drug-likeness (QED) is 0.606. The zero-order chi connectivity index (χ0) is 23.6. The third kappa shape index (κ3) is 3.09. The van der Waals surface area contributed by atoms with E-state index in [-0.39, 0.29) is 17.1 Å². The Balaban J connectivity index is 1.98. The van der Waals surface area contributed by atoms with Crippen molar-refractivity contribution < 1.29 is 9.53 Å². The number of rotatable bonds is 2. The van der Waals surface area contributed by atoms with E-state index >= 15 is 0 Å². The molecule has 2 aromatic heterocycles. The van der Waals surface area contributed by atoms with Crippen LogP contribution in [0.2, 0.25) is 5.02 Å². The summed E-state index contributed by atoms with van der Waals surface area (Å²) in [5, 5.41) is 12.4. The van der Waals surface area contributed by atoms with Crippen LogP contribution in [0.5, 0.6) is 0 Å². The number of fused-ring (bicyclic) bond motifs is 1. The Kier molecular flexibility index (Phi) is 4.88. The summed E-state index contributed by atoms with van der Waals surface area (Å²) in [6.45, 7) is 4.52. The number of halogens is 1. The first-order valence-corrected chi connectivity index (χ1v) is 9.93. The van der Waals surface area contributed by atoms with Crippen LogP contribution in [0, 0.1) is 11.3 Å². The van der Waals surface area contributed by atoms with E-state index in [0.717, 1.165) is 0 Å². The molecule has 1 aromatic carbocycles. The predicted molar refractivity (Wildman–Crippen MR) is 124 cm³/mol. The maximum atomic E-state index is 13.4. The number of aromatic nitrogens is 3. The highest BCUT2D eigenvalue weighted by Gasteiger charge is 2.55. The highest BCUT2D eigenvalue weighted by atomic mass is 35.5. The number of nitrogens with zero attached hydrogens (tertiary/aromatic N) is 5. The highest BCUT2D eigenvalue weighted by molar-refractivity contribution is 6.46. The molecule has 2 N–H and O–H groups in total. The lowest BCUT2D eigenvalue weighted by Crippen LogP contribution is -2.76. The molecule has 1 atom stereocenters. The number of anilines is 2. The molecule has 12 heteroatoms. The largest absolute Gasteiger partial charge is 0.382 e. The zero-order valence-electron chi connectivity index (χ0n) is 17.6. The Labute approximate surface area is 193 Å². The Morgan fingerprint density at radius 2 is 1.91 bits per heavy atom. The van der Waals surface area contributed by atoms with Gasteiger partial charge in [0.25, 0.3) is 5.91 Å². The van der Waals surface area contributed by atoms with E-state index in [2.05, 4.69) is 16.2 Å². The number of benzene rings is 1. The Hall–Kier alpha value is -2.96. The van der Waals surface area contributed by atoms with Gasteiger partial charge in [-0.2, -0.15) is 10.4 Å². The molecule has 1 saturated heterocycles. The summed E-state index contributed by atoms with van der Waals surface area (Å²) in [6.07, 6.45) is 1.30. The van der Waals surface area contributed by atoms with Gasteiger partial charge in [0.15, 0.2) is 5.82 Å². The lowest BCUT2D eigenvalue weighted by molar-refractivity contribution is -0.158. The number of carbonyl (C=O) groups is 1. The number of hydrogen-bond donors (Lipinski definition) is 1. The highest BCUT2D eigenvalue weighted by Crippen LogP contribution is 2.42. The van der Waals surface area contributed by atoms with E-state index < -0.39 is 22.3 Å². The molecule has 1 aliphatic heterocycles. The molecule has 4 rings (SSSR count). The molecule has 3 heterocycles. The second kappa shape index (κ2) is 7.02. The number of amides is 1. The first-order chi connectivity index (χ1) is 14.8. The number of ether oxygens (including phenoxy) is 1. The molecule has 0 spiro atoms. The zero-order valence-corrected chi connectivity index (χ0v) is 18.4. The summed E-state index contributed by atoms with van der Waals surface area (Å²) in [4.78, 5) is 18.5. The van der Waals surface area contributed by atoms with E-state index in [4.69, 9.17) is 45.6 Å². The van der Waals surface area contributed by atoms with Crippen molar-refractivity contribution in [3.05, 3.63) is 41.2 Å². The second-order valence-corrected chi connectivity index (χ2v) is 8.73. The number of carbonyl (C=O) groups excluding carboxylic acids is 1. The standard InChI is InChI=1S/C20H16B3ClN6O2/c1-18(2)17(31)29(19(3,21)20(22,23)32-18)13-6-10(4-5-11(13)8-25)14-7-12(24)15-16(26)27-9-28-30(14)15/h4-7,9H,1-3H3,(H2,26,27,28). The second-order valence-electron chi connectivity index (χ2n) is 8.32. The first-order valence-electron chi connectivity index (χ1n) is 9.55. The van der Waals surface area contributed by atoms with Crippen LogP contribution in [0.15, 0.2) is 30.6 Å². The third-order valence-corrected chi connectivity index (χ3v) is 5.88. The van der Waals surface area contributed by atoms with Crippen molar-refractivity contribution in [3.8, 4) is 17.3 Å². The fraction of sp³-hybridized carbons (Fsp3) is 0.300. The number of morpholine rings is 1.